The van der Waals surface area contributed by atoms with Crippen LogP contribution in [0.1, 0.15) is 62.4 Å². The average Bonchev–Trinajstić information content (AvgIpc) is 2.59. The lowest BCUT2D eigenvalue weighted by Gasteiger charge is -2.31. The van der Waals surface area contributed by atoms with Crippen molar-refractivity contribution < 1.29 is 36.6 Å². The molecule has 1 saturated carbocycles. The zero-order valence-corrected chi connectivity index (χ0v) is 17.3. The molecular weight excluding hydrogens is 408 g/mol. The number of carbonyl (C=O) groups is 2. The van der Waals surface area contributed by atoms with Crippen molar-refractivity contribution in [1.29, 1.82) is 0 Å². The molecule has 10 heteroatoms. The topological polar surface area (TPSA) is 76.7 Å². The van der Waals surface area contributed by atoms with Crippen LogP contribution in [-0.4, -0.2) is 36.9 Å². The third-order valence-electron chi connectivity index (χ3n) is 4.60. The molecule has 1 aromatic rings. The van der Waals surface area contributed by atoms with Crippen molar-refractivity contribution in [2.24, 2.45) is 0 Å². The van der Waals surface area contributed by atoms with E-state index in [2.05, 4.69) is 15.4 Å². The molecule has 1 aliphatic rings. The van der Waals surface area contributed by atoms with Crippen LogP contribution in [0.25, 0.3) is 0 Å². The number of ether oxygens (including phenoxy) is 2. The molecule has 2 N–H and O–H groups in total. The van der Waals surface area contributed by atoms with E-state index in [4.69, 9.17) is 4.74 Å². The van der Waals surface area contributed by atoms with Crippen LogP contribution in [0.4, 0.5) is 28.0 Å². The van der Waals surface area contributed by atoms with Crippen LogP contribution in [-0.2, 0) is 15.7 Å². The van der Waals surface area contributed by atoms with Gasteiger partial charge in [0.15, 0.2) is 0 Å². The first-order valence-corrected chi connectivity index (χ1v) is 9.55. The van der Waals surface area contributed by atoms with Gasteiger partial charge in [0.1, 0.15) is 17.0 Å². The third kappa shape index (κ3) is 6.50. The normalized spacial score (nSPS) is 19.7. The van der Waals surface area contributed by atoms with Crippen molar-refractivity contribution in [2.75, 3.05) is 12.4 Å². The Morgan fingerprint density at radius 1 is 1.03 bits per heavy atom. The van der Waals surface area contributed by atoms with Crippen molar-refractivity contribution in [3.05, 3.63) is 29.1 Å². The van der Waals surface area contributed by atoms with E-state index in [-0.39, 0.29) is 17.6 Å². The highest BCUT2D eigenvalue weighted by Crippen LogP contribution is 2.38. The fourth-order valence-corrected chi connectivity index (χ4v) is 3.32. The van der Waals surface area contributed by atoms with Gasteiger partial charge in [0.25, 0.3) is 0 Å². The molecule has 6 nitrogen and oxygen atoms in total. The van der Waals surface area contributed by atoms with Gasteiger partial charge in [0, 0.05) is 12.1 Å². The molecule has 168 valence electrons. The Bertz CT molecular complexity index is 782. The lowest BCUT2D eigenvalue weighted by Crippen LogP contribution is -2.42. The summed E-state index contributed by atoms with van der Waals surface area (Å²) in [4.78, 5) is 23.5. The van der Waals surface area contributed by atoms with E-state index in [1.807, 2.05) is 0 Å². The van der Waals surface area contributed by atoms with Crippen LogP contribution in [0.2, 0.25) is 0 Å². The second-order valence-corrected chi connectivity index (χ2v) is 8.21. The minimum Gasteiger partial charge on any atom is -0.465 e. The van der Waals surface area contributed by atoms with Gasteiger partial charge in [-0.05, 0) is 58.6 Å². The molecule has 0 aliphatic heterocycles. The first-order valence-electron chi connectivity index (χ1n) is 9.55. The Morgan fingerprint density at radius 2 is 1.60 bits per heavy atom. The maximum atomic E-state index is 14.2. The Balaban J connectivity index is 2.09. The summed E-state index contributed by atoms with van der Waals surface area (Å²) in [5, 5.41) is 5.46. The SMILES string of the molecule is COC(=O)c1cc(F)c(C(F)(F)F)c(N[C@H]2CC[C@H](NC(=O)OC(C)(C)C)CC2)c1. The molecule has 1 aromatic carbocycles. The Hall–Kier alpha value is -2.52. The summed E-state index contributed by atoms with van der Waals surface area (Å²) in [6, 6.07) is 0.915. The zero-order valence-electron chi connectivity index (χ0n) is 17.3. The molecule has 0 radical (unpaired) electrons. The van der Waals surface area contributed by atoms with Crippen molar-refractivity contribution in [1.82, 2.24) is 5.32 Å². The largest absolute Gasteiger partial charge is 0.465 e. The minimum atomic E-state index is -4.93. The van der Waals surface area contributed by atoms with E-state index in [0.717, 1.165) is 13.2 Å². The Morgan fingerprint density at radius 3 is 2.10 bits per heavy atom. The number of alkyl carbamates (subject to hydrolysis) is 1. The highest BCUT2D eigenvalue weighted by molar-refractivity contribution is 5.91. The summed E-state index contributed by atoms with van der Waals surface area (Å²) in [5.74, 6) is -2.48. The lowest BCUT2D eigenvalue weighted by atomic mass is 9.90. The van der Waals surface area contributed by atoms with Gasteiger partial charge in [-0.3, -0.25) is 0 Å². The lowest BCUT2D eigenvalue weighted by molar-refractivity contribution is -0.139. The molecule has 0 unspecified atom stereocenters. The van der Waals surface area contributed by atoms with Crippen LogP contribution in [0.3, 0.4) is 0 Å². The molecule has 2 rings (SSSR count). The summed E-state index contributed by atoms with van der Waals surface area (Å²) in [5.41, 5.74) is -2.91. The van der Waals surface area contributed by atoms with Crippen molar-refractivity contribution in [2.45, 2.75) is 70.3 Å². The van der Waals surface area contributed by atoms with Crippen LogP contribution in [0, 0.1) is 5.82 Å². The average molecular weight is 434 g/mol. The quantitative estimate of drug-likeness (QED) is 0.522. The number of amides is 1. The zero-order chi connectivity index (χ0) is 22.7. The molecule has 0 spiro atoms. The number of methoxy groups -OCH3 is 1. The summed E-state index contributed by atoms with van der Waals surface area (Å²) < 4.78 is 63.9. The monoisotopic (exact) mass is 434 g/mol. The first kappa shape index (κ1) is 23.8. The molecule has 0 bridgehead atoms. The van der Waals surface area contributed by atoms with Gasteiger partial charge in [-0.1, -0.05) is 0 Å². The number of esters is 1. The van der Waals surface area contributed by atoms with Crippen molar-refractivity contribution in [3.63, 3.8) is 0 Å². The fraction of sp³-hybridized carbons (Fsp3) is 0.600. The predicted octanol–water partition coefficient (Wildman–Crippen LogP) is 4.88. The third-order valence-corrected chi connectivity index (χ3v) is 4.60. The van der Waals surface area contributed by atoms with Gasteiger partial charge in [0.05, 0.1) is 18.4 Å². The first-order chi connectivity index (χ1) is 13.8. The van der Waals surface area contributed by atoms with E-state index >= 15 is 0 Å². The van der Waals surface area contributed by atoms with Crippen molar-refractivity contribution >= 4 is 17.7 Å². The Labute approximate surface area is 172 Å². The maximum absolute atomic E-state index is 14.2. The molecule has 0 heterocycles. The number of alkyl halides is 3. The fourth-order valence-electron chi connectivity index (χ4n) is 3.32. The summed E-state index contributed by atoms with van der Waals surface area (Å²) in [6.45, 7) is 5.23. The van der Waals surface area contributed by atoms with Gasteiger partial charge in [0.2, 0.25) is 0 Å². The summed E-state index contributed by atoms with van der Waals surface area (Å²) in [7, 11) is 1.06. The standard InChI is InChI=1S/C20H26F4N2O4/c1-19(2,3)30-18(28)26-13-7-5-12(6-8-13)25-15-10-11(17(27)29-4)9-14(21)16(15)20(22,23)24/h9-10,12-13,25H,5-8H2,1-4H3,(H,26,28)/t12-,13-. The number of nitrogens with one attached hydrogen (secondary N) is 2. The van der Waals surface area contributed by atoms with Gasteiger partial charge >= 0.3 is 18.2 Å². The number of carbonyl (C=O) groups excluding carboxylic acids is 2. The Kier molecular flexibility index (Phi) is 7.20. The second-order valence-electron chi connectivity index (χ2n) is 8.21. The predicted molar refractivity (Wildman–Crippen MR) is 102 cm³/mol. The van der Waals surface area contributed by atoms with Gasteiger partial charge in [-0.15, -0.1) is 0 Å². The van der Waals surface area contributed by atoms with E-state index in [0.29, 0.717) is 31.7 Å². The molecule has 30 heavy (non-hydrogen) atoms. The van der Waals surface area contributed by atoms with Crippen molar-refractivity contribution in [3.8, 4) is 0 Å². The number of hydrogen-bond donors (Lipinski definition) is 2. The molecule has 1 aliphatic carbocycles. The van der Waals surface area contributed by atoms with Crippen LogP contribution in [0.15, 0.2) is 12.1 Å². The molecular formula is C20H26F4N2O4. The number of benzene rings is 1. The molecule has 1 amide bonds. The van der Waals surface area contributed by atoms with E-state index in [1.54, 1.807) is 20.8 Å². The summed E-state index contributed by atoms with van der Waals surface area (Å²) in [6.07, 6.45) is -3.57. The second kappa shape index (κ2) is 9.09. The van der Waals surface area contributed by atoms with E-state index in [9.17, 15) is 27.2 Å². The number of anilines is 1. The number of hydrogen-bond acceptors (Lipinski definition) is 5. The molecule has 0 saturated heterocycles. The maximum Gasteiger partial charge on any atom is 0.421 e. The number of halogens is 4. The van der Waals surface area contributed by atoms with Crippen LogP contribution < -0.4 is 10.6 Å². The van der Waals surface area contributed by atoms with E-state index < -0.39 is 40.9 Å². The smallest absolute Gasteiger partial charge is 0.421 e. The van der Waals surface area contributed by atoms with Crippen LogP contribution in [0.5, 0.6) is 0 Å². The van der Waals surface area contributed by atoms with Gasteiger partial charge in [-0.25, -0.2) is 14.0 Å². The minimum absolute atomic E-state index is 0.168. The molecule has 1 fully saturated rings. The molecule has 0 aromatic heterocycles. The molecule has 0 atom stereocenters. The highest BCUT2D eigenvalue weighted by atomic mass is 19.4. The highest BCUT2D eigenvalue weighted by Gasteiger charge is 2.38. The van der Waals surface area contributed by atoms with E-state index in [1.165, 1.54) is 0 Å². The number of rotatable bonds is 4. The van der Waals surface area contributed by atoms with Crippen LogP contribution >= 0.6 is 0 Å². The summed E-state index contributed by atoms with van der Waals surface area (Å²) >= 11 is 0. The van der Waals surface area contributed by atoms with Gasteiger partial charge in [-0.2, -0.15) is 13.2 Å². The van der Waals surface area contributed by atoms with Gasteiger partial charge < -0.3 is 20.1 Å².